The van der Waals surface area contributed by atoms with Crippen LogP contribution < -0.4 is 4.90 Å². The van der Waals surface area contributed by atoms with Crippen LogP contribution in [0.5, 0.6) is 0 Å². The topological polar surface area (TPSA) is 16.1 Å². The average Bonchev–Trinajstić information content (AvgIpc) is 3.59. The van der Waals surface area contributed by atoms with Gasteiger partial charge in [-0.15, -0.1) is 11.3 Å². The minimum atomic E-state index is -0.0804. The Balaban J connectivity index is 1.30. The standard InChI is InChI=1S/C40H30N2S/c1-40(2)35-19-10-9-18-33(35)34-22-20-31(25-36(34)40)42(30-17-11-16-29(24-30)27-12-5-3-6-13-27)32-21-23-38-37(26-32)41-39(43-38)28-14-7-4-8-15-28/h3-26H,1-2H3. The van der Waals surface area contributed by atoms with E-state index in [1.165, 1.54) is 38.1 Å². The van der Waals surface area contributed by atoms with Gasteiger partial charge in [0.2, 0.25) is 0 Å². The first-order valence-electron chi connectivity index (χ1n) is 14.7. The summed E-state index contributed by atoms with van der Waals surface area (Å²) in [5, 5.41) is 1.04. The zero-order chi connectivity index (χ0) is 29.0. The Morgan fingerprint density at radius 2 is 1.14 bits per heavy atom. The number of rotatable bonds is 5. The SMILES string of the molecule is CC1(C)c2ccccc2-c2ccc(N(c3cccc(-c4ccccc4)c3)c3ccc4sc(-c5ccccc5)nc4c3)cc21. The molecular weight excluding hydrogens is 541 g/mol. The summed E-state index contributed by atoms with van der Waals surface area (Å²) in [6, 6.07) is 52.4. The van der Waals surface area contributed by atoms with Gasteiger partial charge in [-0.05, 0) is 75.8 Å². The molecule has 0 spiro atoms. The predicted molar refractivity (Wildman–Crippen MR) is 183 cm³/mol. The number of hydrogen-bond acceptors (Lipinski definition) is 3. The summed E-state index contributed by atoms with van der Waals surface area (Å²) in [5.74, 6) is 0. The van der Waals surface area contributed by atoms with E-state index in [0.29, 0.717) is 0 Å². The van der Waals surface area contributed by atoms with Gasteiger partial charge in [-0.1, -0.05) is 117 Å². The molecule has 2 nitrogen and oxygen atoms in total. The third-order valence-corrected chi connectivity index (χ3v) is 9.77. The molecule has 0 atom stereocenters. The van der Waals surface area contributed by atoms with Gasteiger partial charge >= 0.3 is 0 Å². The maximum Gasteiger partial charge on any atom is 0.124 e. The van der Waals surface area contributed by atoms with Crippen LogP contribution in [0.4, 0.5) is 17.1 Å². The summed E-state index contributed by atoms with van der Waals surface area (Å²) in [6.07, 6.45) is 0. The van der Waals surface area contributed by atoms with Crippen molar-refractivity contribution in [2.75, 3.05) is 4.90 Å². The van der Waals surface area contributed by atoms with E-state index in [1.807, 2.05) is 6.07 Å². The zero-order valence-corrected chi connectivity index (χ0v) is 25.0. The molecule has 0 saturated heterocycles. The van der Waals surface area contributed by atoms with Gasteiger partial charge in [-0.2, -0.15) is 0 Å². The highest BCUT2D eigenvalue weighted by Crippen LogP contribution is 2.50. The van der Waals surface area contributed by atoms with Crippen molar-refractivity contribution >= 4 is 38.6 Å². The Hall–Kier alpha value is -4.99. The highest BCUT2D eigenvalue weighted by molar-refractivity contribution is 7.21. The molecule has 3 heteroatoms. The fourth-order valence-corrected chi connectivity index (χ4v) is 7.44. The van der Waals surface area contributed by atoms with E-state index in [1.54, 1.807) is 11.3 Å². The van der Waals surface area contributed by atoms with E-state index in [-0.39, 0.29) is 5.41 Å². The molecule has 0 unspecified atom stereocenters. The maximum atomic E-state index is 5.08. The van der Waals surface area contributed by atoms with Gasteiger partial charge in [0, 0.05) is 28.0 Å². The molecule has 1 heterocycles. The van der Waals surface area contributed by atoms with Crippen molar-refractivity contribution in [2.24, 2.45) is 0 Å². The maximum absolute atomic E-state index is 5.08. The molecule has 8 rings (SSSR count). The van der Waals surface area contributed by atoms with Crippen molar-refractivity contribution in [3.63, 3.8) is 0 Å². The second-order valence-electron chi connectivity index (χ2n) is 11.7. The number of nitrogens with zero attached hydrogens (tertiary/aromatic N) is 2. The molecule has 43 heavy (non-hydrogen) atoms. The molecule has 1 aliphatic carbocycles. The van der Waals surface area contributed by atoms with Crippen molar-refractivity contribution in [2.45, 2.75) is 19.3 Å². The van der Waals surface area contributed by atoms with Gasteiger partial charge in [0.15, 0.2) is 0 Å². The highest BCUT2D eigenvalue weighted by Gasteiger charge is 2.35. The molecule has 0 fully saturated rings. The second kappa shape index (κ2) is 10.1. The van der Waals surface area contributed by atoms with Crippen LogP contribution in [0.3, 0.4) is 0 Å². The molecule has 0 N–H and O–H groups in total. The summed E-state index contributed by atoms with van der Waals surface area (Å²) >= 11 is 1.74. The highest BCUT2D eigenvalue weighted by atomic mass is 32.1. The summed E-state index contributed by atoms with van der Waals surface area (Å²) in [7, 11) is 0. The lowest BCUT2D eigenvalue weighted by atomic mass is 9.82. The number of benzene rings is 6. The van der Waals surface area contributed by atoms with Crippen LogP contribution in [-0.4, -0.2) is 4.98 Å². The molecule has 0 aliphatic heterocycles. The van der Waals surface area contributed by atoms with Crippen LogP contribution >= 0.6 is 11.3 Å². The Morgan fingerprint density at radius 1 is 0.512 bits per heavy atom. The van der Waals surface area contributed by atoms with Crippen LogP contribution in [0.2, 0.25) is 0 Å². The van der Waals surface area contributed by atoms with Crippen molar-refractivity contribution in [1.29, 1.82) is 0 Å². The summed E-state index contributed by atoms with van der Waals surface area (Å²) in [5.41, 5.74) is 13.2. The number of aromatic nitrogens is 1. The number of hydrogen-bond donors (Lipinski definition) is 0. The molecule has 0 radical (unpaired) electrons. The van der Waals surface area contributed by atoms with Crippen LogP contribution in [0.15, 0.2) is 146 Å². The average molecular weight is 571 g/mol. The first-order chi connectivity index (χ1) is 21.1. The van der Waals surface area contributed by atoms with E-state index in [2.05, 4.69) is 158 Å². The van der Waals surface area contributed by atoms with E-state index in [9.17, 15) is 0 Å². The van der Waals surface area contributed by atoms with Crippen LogP contribution in [0.1, 0.15) is 25.0 Å². The van der Waals surface area contributed by atoms with Crippen molar-refractivity contribution in [3.8, 4) is 32.8 Å². The minimum absolute atomic E-state index is 0.0804. The number of thiazole rings is 1. The molecule has 7 aromatic rings. The molecule has 6 aromatic carbocycles. The zero-order valence-electron chi connectivity index (χ0n) is 24.2. The second-order valence-corrected chi connectivity index (χ2v) is 12.7. The number of anilines is 3. The summed E-state index contributed by atoms with van der Waals surface area (Å²) < 4.78 is 1.19. The lowest BCUT2D eigenvalue weighted by Crippen LogP contribution is -2.16. The molecule has 0 saturated carbocycles. The Bertz CT molecular complexity index is 2110. The monoisotopic (exact) mass is 570 g/mol. The van der Waals surface area contributed by atoms with E-state index < -0.39 is 0 Å². The van der Waals surface area contributed by atoms with Crippen LogP contribution in [0, 0.1) is 0 Å². The smallest absolute Gasteiger partial charge is 0.124 e. The lowest BCUT2D eigenvalue weighted by Gasteiger charge is -2.28. The first-order valence-corrected chi connectivity index (χ1v) is 15.5. The lowest BCUT2D eigenvalue weighted by molar-refractivity contribution is 0.660. The third-order valence-electron chi connectivity index (χ3n) is 8.69. The molecule has 206 valence electrons. The van der Waals surface area contributed by atoms with Crippen LogP contribution in [-0.2, 0) is 5.41 Å². The summed E-state index contributed by atoms with van der Waals surface area (Å²) in [6.45, 7) is 4.68. The number of fused-ring (bicyclic) bond motifs is 4. The Kier molecular flexibility index (Phi) is 6.02. The van der Waals surface area contributed by atoms with Crippen molar-refractivity contribution < 1.29 is 0 Å². The molecular formula is C40H30N2S. The van der Waals surface area contributed by atoms with Crippen molar-refractivity contribution in [3.05, 3.63) is 157 Å². The van der Waals surface area contributed by atoms with Crippen LogP contribution in [0.25, 0.3) is 43.0 Å². The third kappa shape index (κ3) is 4.36. The summed E-state index contributed by atoms with van der Waals surface area (Å²) in [4.78, 5) is 7.46. The van der Waals surface area contributed by atoms with Gasteiger partial charge in [0.05, 0.1) is 10.2 Å². The molecule has 0 amide bonds. The normalized spacial score (nSPS) is 13.1. The minimum Gasteiger partial charge on any atom is -0.310 e. The Morgan fingerprint density at radius 3 is 1.95 bits per heavy atom. The van der Waals surface area contributed by atoms with Gasteiger partial charge in [-0.3, -0.25) is 0 Å². The fourth-order valence-electron chi connectivity index (χ4n) is 6.49. The van der Waals surface area contributed by atoms with Gasteiger partial charge < -0.3 is 4.90 Å². The van der Waals surface area contributed by atoms with E-state index in [0.717, 1.165) is 33.1 Å². The molecule has 1 aromatic heterocycles. The molecule has 1 aliphatic rings. The van der Waals surface area contributed by atoms with Gasteiger partial charge in [0.1, 0.15) is 5.01 Å². The van der Waals surface area contributed by atoms with Gasteiger partial charge in [-0.25, -0.2) is 4.98 Å². The van der Waals surface area contributed by atoms with Crippen molar-refractivity contribution in [1.82, 2.24) is 4.98 Å². The van der Waals surface area contributed by atoms with E-state index in [4.69, 9.17) is 4.98 Å². The predicted octanol–water partition coefficient (Wildman–Crippen LogP) is 11.4. The largest absolute Gasteiger partial charge is 0.310 e. The fraction of sp³-hybridized carbons (Fsp3) is 0.0750. The van der Waals surface area contributed by atoms with Gasteiger partial charge in [0.25, 0.3) is 0 Å². The molecule has 0 bridgehead atoms. The van der Waals surface area contributed by atoms with E-state index >= 15 is 0 Å². The first kappa shape index (κ1) is 25.7. The quantitative estimate of drug-likeness (QED) is 0.205. The Labute approximate surface area is 256 Å².